The van der Waals surface area contributed by atoms with Gasteiger partial charge in [0.2, 0.25) is 0 Å². The summed E-state index contributed by atoms with van der Waals surface area (Å²) in [6.45, 7) is 4.41. The average molecular weight is 122 g/mol. The molecule has 9 heavy (non-hydrogen) atoms. The van der Waals surface area contributed by atoms with Crippen LogP contribution in [0.3, 0.4) is 0 Å². The van der Waals surface area contributed by atoms with Crippen molar-refractivity contribution in [3.05, 3.63) is 23.3 Å². The molecule has 0 nitrogen and oxygen atoms in total. The second-order valence-electron chi connectivity index (χ2n) is 2.82. The molecular formula is C9H14. The molecule has 1 rings (SSSR count). The van der Waals surface area contributed by atoms with Gasteiger partial charge >= 0.3 is 0 Å². The van der Waals surface area contributed by atoms with Crippen molar-refractivity contribution in [1.29, 1.82) is 0 Å². The maximum atomic E-state index is 2.27. The Morgan fingerprint density at radius 1 is 1.33 bits per heavy atom. The van der Waals surface area contributed by atoms with E-state index in [9.17, 15) is 0 Å². The van der Waals surface area contributed by atoms with Crippen LogP contribution in [0.5, 0.6) is 0 Å². The molecule has 0 amide bonds. The first-order valence-corrected chi connectivity index (χ1v) is 3.61. The quantitative estimate of drug-likeness (QED) is 0.433. The SMILES string of the molecule is CC(C)=C1CC=CCC1. The monoisotopic (exact) mass is 122 g/mol. The highest BCUT2D eigenvalue weighted by molar-refractivity contribution is 5.17. The molecule has 0 bridgehead atoms. The smallest absolute Gasteiger partial charge is 0.0136 e. The summed E-state index contributed by atoms with van der Waals surface area (Å²) >= 11 is 0. The lowest BCUT2D eigenvalue weighted by Crippen LogP contribution is -1.89. The van der Waals surface area contributed by atoms with Gasteiger partial charge in [-0.25, -0.2) is 0 Å². The van der Waals surface area contributed by atoms with Crippen LogP contribution in [-0.2, 0) is 0 Å². The fourth-order valence-corrected chi connectivity index (χ4v) is 1.16. The van der Waals surface area contributed by atoms with Gasteiger partial charge in [-0.1, -0.05) is 23.3 Å². The summed E-state index contributed by atoms with van der Waals surface area (Å²) in [5.41, 5.74) is 3.15. The lowest BCUT2D eigenvalue weighted by molar-refractivity contribution is 0.879. The van der Waals surface area contributed by atoms with Crippen molar-refractivity contribution in [2.45, 2.75) is 33.1 Å². The Hall–Kier alpha value is -0.520. The van der Waals surface area contributed by atoms with E-state index < -0.39 is 0 Å². The predicted octanol–water partition coefficient (Wildman–Crippen LogP) is 3.06. The third-order valence-corrected chi connectivity index (χ3v) is 1.85. The van der Waals surface area contributed by atoms with E-state index in [1.807, 2.05) is 0 Å². The Balaban J connectivity index is 2.64. The summed E-state index contributed by atoms with van der Waals surface area (Å²) in [4.78, 5) is 0. The van der Waals surface area contributed by atoms with Gasteiger partial charge in [-0.2, -0.15) is 0 Å². The zero-order valence-corrected chi connectivity index (χ0v) is 6.28. The van der Waals surface area contributed by atoms with Gasteiger partial charge in [-0.05, 0) is 33.1 Å². The molecule has 0 N–H and O–H groups in total. The molecule has 0 aromatic heterocycles. The van der Waals surface area contributed by atoms with Crippen molar-refractivity contribution >= 4 is 0 Å². The highest BCUT2D eigenvalue weighted by atomic mass is 14.1. The molecule has 0 heteroatoms. The first kappa shape index (κ1) is 6.60. The molecule has 0 aromatic rings. The van der Waals surface area contributed by atoms with Gasteiger partial charge in [0.05, 0.1) is 0 Å². The van der Waals surface area contributed by atoms with Gasteiger partial charge in [0.25, 0.3) is 0 Å². The van der Waals surface area contributed by atoms with E-state index in [2.05, 4.69) is 26.0 Å². The molecular weight excluding hydrogens is 108 g/mol. The second-order valence-corrected chi connectivity index (χ2v) is 2.82. The zero-order valence-electron chi connectivity index (χ0n) is 6.28. The van der Waals surface area contributed by atoms with E-state index in [0.29, 0.717) is 0 Å². The fourth-order valence-electron chi connectivity index (χ4n) is 1.16. The molecule has 0 fully saturated rings. The second kappa shape index (κ2) is 2.86. The van der Waals surface area contributed by atoms with Crippen LogP contribution in [0.25, 0.3) is 0 Å². The van der Waals surface area contributed by atoms with Crippen LogP contribution < -0.4 is 0 Å². The van der Waals surface area contributed by atoms with Crippen molar-refractivity contribution in [2.75, 3.05) is 0 Å². The Bertz CT molecular complexity index is 145. The lowest BCUT2D eigenvalue weighted by atomic mass is 9.97. The highest BCUT2D eigenvalue weighted by Crippen LogP contribution is 2.19. The minimum atomic E-state index is 1.20. The van der Waals surface area contributed by atoms with Crippen LogP contribution in [0, 0.1) is 0 Å². The number of hydrogen-bond acceptors (Lipinski definition) is 0. The molecule has 0 aromatic carbocycles. The van der Waals surface area contributed by atoms with Gasteiger partial charge < -0.3 is 0 Å². The molecule has 0 saturated carbocycles. The fraction of sp³-hybridized carbons (Fsp3) is 0.556. The average Bonchev–Trinajstić information content (AvgIpc) is 1.90. The van der Waals surface area contributed by atoms with Crippen molar-refractivity contribution in [3.63, 3.8) is 0 Å². The van der Waals surface area contributed by atoms with Gasteiger partial charge in [-0.3, -0.25) is 0 Å². The Labute approximate surface area is 57.3 Å². The molecule has 0 aliphatic heterocycles. The first-order valence-electron chi connectivity index (χ1n) is 3.61. The van der Waals surface area contributed by atoms with Gasteiger partial charge in [0.1, 0.15) is 0 Å². The molecule has 0 unspecified atom stereocenters. The summed E-state index contributed by atoms with van der Waals surface area (Å²) in [6.07, 6.45) is 8.28. The zero-order chi connectivity index (χ0) is 6.69. The van der Waals surface area contributed by atoms with E-state index >= 15 is 0 Å². The maximum Gasteiger partial charge on any atom is -0.0136 e. The maximum absolute atomic E-state index is 2.27. The minimum Gasteiger partial charge on any atom is -0.0879 e. The van der Waals surface area contributed by atoms with E-state index in [4.69, 9.17) is 0 Å². The summed E-state index contributed by atoms with van der Waals surface area (Å²) in [5.74, 6) is 0. The van der Waals surface area contributed by atoms with E-state index in [1.165, 1.54) is 24.8 Å². The molecule has 1 aliphatic carbocycles. The number of hydrogen-bond donors (Lipinski definition) is 0. The first-order chi connectivity index (χ1) is 4.30. The van der Waals surface area contributed by atoms with Crippen LogP contribution in [-0.4, -0.2) is 0 Å². The van der Waals surface area contributed by atoms with Gasteiger partial charge in [0, 0.05) is 0 Å². The van der Waals surface area contributed by atoms with Crippen LogP contribution in [0.4, 0.5) is 0 Å². The van der Waals surface area contributed by atoms with Crippen LogP contribution in [0.2, 0.25) is 0 Å². The van der Waals surface area contributed by atoms with Crippen molar-refractivity contribution in [3.8, 4) is 0 Å². The lowest BCUT2D eigenvalue weighted by Gasteiger charge is -2.09. The minimum absolute atomic E-state index is 1.20. The van der Waals surface area contributed by atoms with Crippen molar-refractivity contribution in [2.24, 2.45) is 0 Å². The molecule has 50 valence electrons. The van der Waals surface area contributed by atoms with E-state index in [-0.39, 0.29) is 0 Å². The Morgan fingerprint density at radius 3 is 2.44 bits per heavy atom. The Morgan fingerprint density at radius 2 is 2.11 bits per heavy atom. The number of allylic oxidation sites excluding steroid dienone is 4. The topological polar surface area (TPSA) is 0 Å². The van der Waals surface area contributed by atoms with E-state index in [1.54, 1.807) is 5.57 Å². The third kappa shape index (κ3) is 1.70. The van der Waals surface area contributed by atoms with Crippen molar-refractivity contribution < 1.29 is 0 Å². The van der Waals surface area contributed by atoms with Crippen molar-refractivity contribution in [1.82, 2.24) is 0 Å². The molecule has 0 heterocycles. The summed E-state index contributed by atoms with van der Waals surface area (Å²) in [5, 5.41) is 0. The normalized spacial score (nSPS) is 18.2. The largest absolute Gasteiger partial charge is 0.0879 e. The molecule has 0 saturated heterocycles. The molecule has 0 spiro atoms. The Kier molecular flexibility index (Phi) is 2.10. The van der Waals surface area contributed by atoms with Crippen LogP contribution in [0.15, 0.2) is 23.3 Å². The molecule has 0 atom stereocenters. The third-order valence-electron chi connectivity index (χ3n) is 1.85. The molecule has 1 aliphatic rings. The van der Waals surface area contributed by atoms with Crippen LogP contribution in [0.1, 0.15) is 33.1 Å². The standard InChI is InChI=1S/C9H14/c1-8(2)9-6-4-3-5-7-9/h3-4H,5-7H2,1-2H3. The van der Waals surface area contributed by atoms with Gasteiger partial charge in [-0.15, -0.1) is 0 Å². The van der Waals surface area contributed by atoms with Crippen LogP contribution >= 0.6 is 0 Å². The summed E-state index contributed by atoms with van der Waals surface area (Å²) < 4.78 is 0. The van der Waals surface area contributed by atoms with E-state index in [0.717, 1.165) is 0 Å². The summed E-state index contributed by atoms with van der Waals surface area (Å²) in [6, 6.07) is 0. The predicted molar refractivity (Wildman–Crippen MR) is 41.4 cm³/mol. The van der Waals surface area contributed by atoms with Gasteiger partial charge in [0.15, 0.2) is 0 Å². The highest BCUT2D eigenvalue weighted by Gasteiger charge is 1.99. The summed E-state index contributed by atoms with van der Waals surface area (Å²) in [7, 11) is 0. The molecule has 0 radical (unpaired) electrons. The number of rotatable bonds is 0.